The smallest absolute Gasteiger partial charge is 0.226 e. The molecule has 0 N–H and O–H groups in total. The number of pyridine rings is 1. The molecule has 104 valence electrons. The van der Waals surface area contributed by atoms with E-state index in [0.29, 0.717) is 5.88 Å². The standard InChI is InChI=1S/C14H20ClN3O/c1-12(9-15)14(19)18-7-5-17(6-8-18)11-13-3-2-4-16-10-13/h2-4,10,12H,5-9,11H2,1H3. The molecule has 0 bridgehead atoms. The third-order valence-corrected chi connectivity index (χ3v) is 3.93. The van der Waals surface area contributed by atoms with Gasteiger partial charge in [0.15, 0.2) is 0 Å². The van der Waals surface area contributed by atoms with Crippen LogP contribution in [-0.2, 0) is 11.3 Å². The van der Waals surface area contributed by atoms with Crippen LogP contribution in [-0.4, -0.2) is 52.8 Å². The monoisotopic (exact) mass is 281 g/mol. The first-order valence-corrected chi connectivity index (χ1v) is 7.20. The van der Waals surface area contributed by atoms with Crippen LogP contribution in [0.1, 0.15) is 12.5 Å². The van der Waals surface area contributed by atoms with Crippen LogP contribution < -0.4 is 0 Å². The first-order valence-electron chi connectivity index (χ1n) is 6.66. The Hall–Kier alpha value is -1.13. The van der Waals surface area contributed by atoms with Crippen molar-refractivity contribution < 1.29 is 4.79 Å². The molecular weight excluding hydrogens is 262 g/mol. The summed E-state index contributed by atoms with van der Waals surface area (Å²) < 4.78 is 0. The molecule has 0 spiro atoms. The predicted molar refractivity (Wildman–Crippen MR) is 76.0 cm³/mol. The van der Waals surface area contributed by atoms with E-state index < -0.39 is 0 Å². The number of carbonyl (C=O) groups excluding carboxylic acids is 1. The van der Waals surface area contributed by atoms with Crippen molar-refractivity contribution in [1.82, 2.24) is 14.8 Å². The normalized spacial score (nSPS) is 18.3. The molecule has 1 aromatic rings. The molecule has 1 aliphatic rings. The van der Waals surface area contributed by atoms with Gasteiger partial charge in [-0.1, -0.05) is 13.0 Å². The van der Waals surface area contributed by atoms with Gasteiger partial charge in [-0.2, -0.15) is 0 Å². The van der Waals surface area contributed by atoms with Crippen molar-refractivity contribution in [3.05, 3.63) is 30.1 Å². The Morgan fingerprint density at radius 3 is 2.74 bits per heavy atom. The quantitative estimate of drug-likeness (QED) is 0.787. The Morgan fingerprint density at radius 1 is 1.42 bits per heavy atom. The zero-order valence-corrected chi connectivity index (χ0v) is 12.0. The summed E-state index contributed by atoms with van der Waals surface area (Å²) in [7, 11) is 0. The number of halogens is 1. The van der Waals surface area contributed by atoms with Gasteiger partial charge in [-0.05, 0) is 11.6 Å². The third kappa shape index (κ3) is 3.91. The molecule has 1 unspecified atom stereocenters. The van der Waals surface area contributed by atoms with Crippen LogP contribution in [0.25, 0.3) is 0 Å². The maximum atomic E-state index is 12.0. The van der Waals surface area contributed by atoms with Gasteiger partial charge in [-0.15, -0.1) is 11.6 Å². The highest BCUT2D eigenvalue weighted by molar-refractivity contribution is 6.19. The Kier molecular flexibility index (Phi) is 5.16. The summed E-state index contributed by atoms with van der Waals surface area (Å²) in [6.45, 7) is 6.20. The maximum Gasteiger partial charge on any atom is 0.226 e. The Labute approximate surface area is 119 Å². The molecule has 19 heavy (non-hydrogen) atoms. The van der Waals surface area contributed by atoms with Crippen LogP contribution >= 0.6 is 11.6 Å². The van der Waals surface area contributed by atoms with E-state index in [4.69, 9.17) is 11.6 Å². The number of alkyl halides is 1. The second-order valence-corrected chi connectivity index (χ2v) is 5.33. The van der Waals surface area contributed by atoms with Crippen molar-refractivity contribution in [2.45, 2.75) is 13.5 Å². The average Bonchev–Trinajstić information content (AvgIpc) is 2.47. The molecule has 0 aliphatic carbocycles. The lowest BCUT2D eigenvalue weighted by molar-refractivity contribution is -0.136. The minimum Gasteiger partial charge on any atom is -0.340 e. The van der Waals surface area contributed by atoms with Gasteiger partial charge in [0.05, 0.1) is 0 Å². The van der Waals surface area contributed by atoms with Gasteiger partial charge in [0.1, 0.15) is 0 Å². The number of carbonyl (C=O) groups is 1. The summed E-state index contributed by atoms with van der Waals surface area (Å²) in [6.07, 6.45) is 3.68. The molecule has 4 nitrogen and oxygen atoms in total. The van der Waals surface area contributed by atoms with E-state index in [-0.39, 0.29) is 11.8 Å². The fourth-order valence-electron chi connectivity index (χ4n) is 2.25. The summed E-state index contributed by atoms with van der Waals surface area (Å²) >= 11 is 5.74. The van der Waals surface area contributed by atoms with Crippen molar-refractivity contribution in [2.75, 3.05) is 32.1 Å². The Morgan fingerprint density at radius 2 is 2.16 bits per heavy atom. The van der Waals surface area contributed by atoms with Crippen LogP contribution in [0.2, 0.25) is 0 Å². The summed E-state index contributed by atoms with van der Waals surface area (Å²) in [4.78, 5) is 20.4. The highest BCUT2D eigenvalue weighted by atomic mass is 35.5. The number of nitrogens with zero attached hydrogens (tertiary/aromatic N) is 3. The van der Waals surface area contributed by atoms with Crippen LogP contribution in [0, 0.1) is 5.92 Å². The topological polar surface area (TPSA) is 36.4 Å². The van der Waals surface area contributed by atoms with Gasteiger partial charge < -0.3 is 4.90 Å². The van der Waals surface area contributed by atoms with Crippen LogP contribution in [0.15, 0.2) is 24.5 Å². The average molecular weight is 282 g/mol. The molecule has 2 rings (SSSR count). The molecule has 0 saturated carbocycles. The van der Waals surface area contributed by atoms with E-state index in [2.05, 4.69) is 16.0 Å². The van der Waals surface area contributed by atoms with Gasteiger partial charge in [0.25, 0.3) is 0 Å². The number of aromatic nitrogens is 1. The van der Waals surface area contributed by atoms with Crippen LogP contribution in [0.5, 0.6) is 0 Å². The minimum atomic E-state index is -0.0773. The first-order chi connectivity index (χ1) is 9.20. The number of hydrogen-bond acceptors (Lipinski definition) is 3. The number of piperazine rings is 1. The van der Waals surface area contributed by atoms with Crippen molar-refractivity contribution in [3.8, 4) is 0 Å². The lowest BCUT2D eigenvalue weighted by Crippen LogP contribution is -2.49. The zero-order valence-electron chi connectivity index (χ0n) is 11.3. The largest absolute Gasteiger partial charge is 0.340 e. The minimum absolute atomic E-state index is 0.0773. The lowest BCUT2D eigenvalue weighted by Gasteiger charge is -2.35. The van der Waals surface area contributed by atoms with E-state index in [1.165, 1.54) is 5.56 Å². The Bertz CT molecular complexity index is 404. The molecule has 1 fully saturated rings. The molecule has 1 aliphatic heterocycles. The van der Waals surface area contributed by atoms with E-state index >= 15 is 0 Å². The fraction of sp³-hybridized carbons (Fsp3) is 0.571. The fourth-order valence-corrected chi connectivity index (χ4v) is 2.39. The van der Waals surface area contributed by atoms with Crippen LogP contribution in [0.4, 0.5) is 0 Å². The lowest BCUT2D eigenvalue weighted by atomic mass is 10.1. The SMILES string of the molecule is CC(CCl)C(=O)N1CCN(Cc2cccnc2)CC1. The van der Waals surface area contributed by atoms with Gasteiger partial charge >= 0.3 is 0 Å². The highest BCUT2D eigenvalue weighted by Gasteiger charge is 2.24. The van der Waals surface area contributed by atoms with Gasteiger partial charge in [0.2, 0.25) is 5.91 Å². The molecule has 1 amide bonds. The second-order valence-electron chi connectivity index (χ2n) is 5.02. The first kappa shape index (κ1) is 14.3. The predicted octanol–water partition coefficient (Wildman–Crippen LogP) is 1.60. The van der Waals surface area contributed by atoms with E-state index in [1.807, 2.05) is 24.1 Å². The van der Waals surface area contributed by atoms with E-state index in [1.54, 1.807) is 6.20 Å². The number of rotatable bonds is 4. The van der Waals surface area contributed by atoms with Crippen molar-refractivity contribution in [2.24, 2.45) is 5.92 Å². The highest BCUT2D eigenvalue weighted by Crippen LogP contribution is 2.11. The van der Waals surface area contributed by atoms with Gasteiger partial charge in [0, 0.05) is 56.9 Å². The number of amides is 1. The van der Waals surface area contributed by atoms with Crippen LogP contribution in [0.3, 0.4) is 0 Å². The summed E-state index contributed by atoms with van der Waals surface area (Å²) in [5, 5.41) is 0. The Balaban J connectivity index is 1.81. The third-order valence-electron chi connectivity index (χ3n) is 3.47. The summed E-state index contributed by atoms with van der Waals surface area (Å²) in [5.74, 6) is 0.497. The van der Waals surface area contributed by atoms with E-state index in [9.17, 15) is 4.79 Å². The second kappa shape index (κ2) is 6.87. The molecule has 1 saturated heterocycles. The van der Waals surface area contributed by atoms with Crippen molar-refractivity contribution in [1.29, 1.82) is 0 Å². The van der Waals surface area contributed by atoms with Crippen molar-refractivity contribution >= 4 is 17.5 Å². The molecule has 5 heteroatoms. The molecular formula is C14H20ClN3O. The zero-order chi connectivity index (χ0) is 13.7. The maximum absolute atomic E-state index is 12.0. The van der Waals surface area contributed by atoms with Gasteiger partial charge in [-0.3, -0.25) is 14.7 Å². The molecule has 2 heterocycles. The van der Waals surface area contributed by atoms with Gasteiger partial charge in [-0.25, -0.2) is 0 Å². The molecule has 1 aromatic heterocycles. The summed E-state index contributed by atoms with van der Waals surface area (Å²) in [5.41, 5.74) is 1.22. The number of hydrogen-bond donors (Lipinski definition) is 0. The summed E-state index contributed by atoms with van der Waals surface area (Å²) in [6, 6.07) is 4.04. The molecule has 1 atom stereocenters. The molecule has 0 radical (unpaired) electrons. The van der Waals surface area contributed by atoms with Crippen molar-refractivity contribution in [3.63, 3.8) is 0 Å². The molecule has 0 aromatic carbocycles. The van der Waals surface area contributed by atoms with E-state index in [0.717, 1.165) is 32.7 Å².